The number of carbonyl (C=O) groups excluding carboxylic acids is 3. The molecule has 0 aliphatic heterocycles. The predicted octanol–water partition coefficient (Wildman–Crippen LogP) is 3.06. The van der Waals surface area contributed by atoms with E-state index in [-0.39, 0.29) is 24.0 Å². The maximum atomic E-state index is 13.3. The largest absolute Gasteiger partial charge is 0.451 e. The monoisotopic (exact) mass is 464 g/mol. The SMILES string of the molecule is Cc1ccc(NC(=O)CN(C)C(=O)COC(=O)c2nn(-c3ccc(F)cc3)c3c2CCC3)cc1. The van der Waals surface area contributed by atoms with Gasteiger partial charge in [-0.2, -0.15) is 5.10 Å². The van der Waals surface area contributed by atoms with Gasteiger partial charge >= 0.3 is 5.97 Å². The van der Waals surface area contributed by atoms with Gasteiger partial charge in [0.2, 0.25) is 5.91 Å². The number of esters is 1. The van der Waals surface area contributed by atoms with Crippen LogP contribution in [0.5, 0.6) is 0 Å². The minimum atomic E-state index is -0.704. The summed E-state index contributed by atoms with van der Waals surface area (Å²) in [6.07, 6.45) is 2.28. The summed E-state index contributed by atoms with van der Waals surface area (Å²) in [5, 5.41) is 7.11. The van der Waals surface area contributed by atoms with Gasteiger partial charge in [0, 0.05) is 24.0 Å². The lowest BCUT2D eigenvalue weighted by Gasteiger charge is -2.16. The highest BCUT2D eigenvalue weighted by atomic mass is 19.1. The van der Waals surface area contributed by atoms with Crippen LogP contribution in [0.15, 0.2) is 48.5 Å². The van der Waals surface area contributed by atoms with E-state index in [4.69, 9.17) is 4.74 Å². The third-order valence-electron chi connectivity index (χ3n) is 5.66. The lowest BCUT2D eigenvalue weighted by Crippen LogP contribution is -2.37. The molecule has 0 fully saturated rings. The molecule has 1 N–H and O–H groups in total. The lowest BCUT2D eigenvalue weighted by molar-refractivity contribution is -0.136. The van der Waals surface area contributed by atoms with Crippen molar-refractivity contribution in [2.45, 2.75) is 26.2 Å². The van der Waals surface area contributed by atoms with Gasteiger partial charge in [-0.3, -0.25) is 9.59 Å². The topological polar surface area (TPSA) is 93.5 Å². The normalized spacial score (nSPS) is 12.2. The number of ether oxygens (including phenoxy) is 1. The molecule has 9 heteroatoms. The highest BCUT2D eigenvalue weighted by Crippen LogP contribution is 2.28. The molecule has 1 heterocycles. The van der Waals surface area contributed by atoms with Crippen LogP contribution >= 0.6 is 0 Å². The van der Waals surface area contributed by atoms with Gasteiger partial charge in [-0.05, 0) is 62.6 Å². The number of halogens is 1. The number of aromatic nitrogens is 2. The fraction of sp³-hybridized carbons (Fsp3) is 0.280. The molecule has 2 amide bonds. The molecule has 34 heavy (non-hydrogen) atoms. The van der Waals surface area contributed by atoms with Crippen LogP contribution in [0.4, 0.5) is 10.1 Å². The molecular formula is C25H25FN4O4. The summed E-state index contributed by atoms with van der Waals surface area (Å²) in [6.45, 7) is 1.25. The first-order valence-electron chi connectivity index (χ1n) is 11.0. The lowest BCUT2D eigenvalue weighted by atomic mass is 10.2. The molecule has 8 nitrogen and oxygen atoms in total. The molecule has 0 saturated heterocycles. The van der Waals surface area contributed by atoms with E-state index < -0.39 is 18.5 Å². The Balaban J connectivity index is 1.35. The standard InChI is InChI=1S/C25H25FN4O4/c1-16-6-10-18(11-7-16)27-22(31)14-29(2)23(32)15-34-25(33)24-20-4-3-5-21(20)30(28-24)19-12-8-17(26)9-13-19/h6-13H,3-5,14-15H2,1-2H3,(H,27,31). The zero-order chi connectivity index (χ0) is 24.2. The summed E-state index contributed by atoms with van der Waals surface area (Å²) in [5.41, 5.74) is 4.18. The molecule has 4 rings (SSSR count). The van der Waals surface area contributed by atoms with Gasteiger partial charge in [0.25, 0.3) is 5.91 Å². The number of hydrogen-bond donors (Lipinski definition) is 1. The third-order valence-corrected chi connectivity index (χ3v) is 5.66. The smallest absolute Gasteiger partial charge is 0.359 e. The molecule has 0 atom stereocenters. The average molecular weight is 464 g/mol. The number of fused-ring (bicyclic) bond motifs is 1. The van der Waals surface area contributed by atoms with Crippen molar-refractivity contribution in [3.8, 4) is 5.69 Å². The fourth-order valence-electron chi connectivity index (χ4n) is 3.84. The third kappa shape index (κ3) is 5.14. The number of hydrogen-bond acceptors (Lipinski definition) is 5. The van der Waals surface area contributed by atoms with Gasteiger partial charge in [-0.15, -0.1) is 0 Å². The van der Waals surface area contributed by atoms with Crippen molar-refractivity contribution in [1.29, 1.82) is 0 Å². The Hall–Kier alpha value is -4.01. The molecule has 0 saturated carbocycles. The fourth-order valence-corrected chi connectivity index (χ4v) is 3.84. The number of anilines is 1. The van der Waals surface area contributed by atoms with Crippen molar-refractivity contribution in [3.05, 3.63) is 76.9 Å². The van der Waals surface area contributed by atoms with Gasteiger partial charge < -0.3 is 15.0 Å². The van der Waals surface area contributed by atoms with Crippen molar-refractivity contribution in [1.82, 2.24) is 14.7 Å². The number of carbonyl (C=O) groups is 3. The van der Waals surface area contributed by atoms with Crippen molar-refractivity contribution >= 4 is 23.5 Å². The minimum Gasteiger partial charge on any atom is -0.451 e. The van der Waals surface area contributed by atoms with E-state index in [1.807, 2.05) is 19.1 Å². The first-order chi connectivity index (χ1) is 16.3. The molecule has 1 aromatic heterocycles. The van der Waals surface area contributed by atoms with E-state index in [0.717, 1.165) is 29.7 Å². The van der Waals surface area contributed by atoms with E-state index in [1.54, 1.807) is 28.9 Å². The van der Waals surface area contributed by atoms with E-state index in [0.29, 0.717) is 17.8 Å². The second-order valence-electron chi connectivity index (χ2n) is 8.26. The van der Waals surface area contributed by atoms with Crippen LogP contribution in [0.25, 0.3) is 5.69 Å². The maximum Gasteiger partial charge on any atom is 0.359 e. The first kappa shape index (κ1) is 23.2. The molecule has 1 aliphatic carbocycles. The van der Waals surface area contributed by atoms with Crippen LogP contribution in [0, 0.1) is 12.7 Å². The Morgan fingerprint density at radius 1 is 1.09 bits per heavy atom. The zero-order valence-electron chi connectivity index (χ0n) is 19.0. The molecule has 1 aliphatic rings. The summed E-state index contributed by atoms with van der Waals surface area (Å²) >= 11 is 0. The van der Waals surface area contributed by atoms with Crippen molar-refractivity contribution < 1.29 is 23.5 Å². The number of benzene rings is 2. The Labute approximate surface area is 196 Å². The van der Waals surface area contributed by atoms with Crippen LogP contribution in [-0.4, -0.2) is 52.7 Å². The number of likely N-dealkylation sites (N-methyl/N-ethyl adjacent to an activating group) is 1. The minimum absolute atomic E-state index is 0.157. The van der Waals surface area contributed by atoms with Gasteiger partial charge in [0.15, 0.2) is 12.3 Å². The quantitative estimate of drug-likeness (QED) is 0.543. The van der Waals surface area contributed by atoms with Crippen LogP contribution in [-0.2, 0) is 27.2 Å². The highest BCUT2D eigenvalue weighted by molar-refractivity contribution is 5.95. The Kier molecular flexibility index (Phi) is 6.72. The maximum absolute atomic E-state index is 13.3. The van der Waals surface area contributed by atoms with Crippen molar-refractivity contribution in [2.75, 3.05) is 25.5 Å². The number of nitrogens with one attached hydrogen (secondary N) is 1. The molecule has 2 aromatic carbocycles. The Bertz CT molecular complexity index is 1220. The number of nitrogens with zero attached hydrogens (tertiary/aromatic N) is 3. The van der Waals surface area contributed by atoms with E-state index in [2.05, 4.69) is 10.4 Å². The average Bonchev–Trinajstić information content (AvgIpc) is 3.42. The number of aryl methyl sites for hydroxylation is 1. The molecule has 0 bridgehead atoms. The molecule has 3 aromatic rings. The summed E-state index contributed by atoms with van der Waals surface area (Å²) in [5.74, 6) is -1.93. The molecule has 0 spiro atoms. The summed E-state index contributed by atoms with van der Waals surface area (Å²) in [7, 11) is 1.46. The van der Waals surface area contributed by atoms with Crippen LogP contribution < -0.4 is 5.32 Å². The van der Waals surface area contributed by atoms with Gasteiger partial charge in [0.1, 0.15) is 5.82 Å². The van der Waals surface area contributed by atoms with E-state index in [1.165, 1.54) is 24.1 Å². The van der Waals surface area contributed by atoms with E-state index in [9.17, 15) is 18.8 Å². The van der Waals surface area contributed by atoms with Gasteiger partial charge in [-0.1, -0.05) is 17.7 Å². The number of rotatable bonds is 7. The second kappa shape index (κ2) is 9.86. The number of amides is 2. The van der Waals surface area contributed by atoms with Crippen LogP contribution in [0.2, 0.25) is 0 Å². The Morgan fingerprint density at radius 2 is 1.79 bits per heavy atom. The predicted molar refractivity (Wildman–Crippen MR) is 123 cm³/mol. The van der Waals surface area contributed by atoms with Crippen LogP contribution in [0.1, 0.15) is 33.7 Å². The zero-order valence-corrected chi connectivity index (χ0v) is 19.0. The van der Waals surface area contributed by atoms with Gasteiger partial charge in [-0.25, -0.2) is 13.9 Å². The summed E-state index contributed by atoms with van der Waals surface area (Å²) in [4.78, 5) is 38.5. The van der Waals surface area contributed by atoms with Crippen LogP contribution in [0.3, 0.4) is 0 Å². The van der Waals surface area contributed by atoms with Gasteiger partial charge in [0.05, 0.1) is 12.2 Å². The second-order valence-corrected chi connectivity index (χ2v) is 8.26. The molecule has 0 unspecified atom stereocenters. The van der Waals surface area contributed by atoms with E-state index >= 15 is 0 Å². The first-order valence-corrected chi connectivity index (χ1v) is 11.0. The molecular weight excluding hydrogens is 439 g/mol. The highest BCUT2D eigenvalue weighted by Gasteiger charge is 2.28. The molecule has 0 radical (unpaired) electrons. The summed E-state index contributed by atoms with van der Waals surface area (Å²) < 4.78 is 20.1. The summed E-state index contributed by atoms with van der Waals surface area (Å²) in [6, 6.07) is 13.2. The van der Waals surface area contributed by atoms with Crippen molar-refractivity contribution in [2.24, 2.45) is 0 Å². The van der Waals surface area contributed by atoms with Crippen molar-refractivity contribution in [3.63, 3.8) is 0 Å². The Morgan fingerprint density at radius 3 is 2.50 bits per heavy atom. The molecule has 176 valence electrons.